The minimum absolute atomic E-state index is 0.171. The van der Waals surface area contributed by atoms with Gasteiger partial charge in [0.1, 0.15) is 0 Å². The Hall–Kier alpha value is -3.21. The number of hydrogen-bond acceptors (Lipinski definition) is 3. The largest absolute Gasteiger partial charge is 0.338 e. The van der Waals surface area contributed by atoms with Crippen LogP contribution in [-0.4, -0.2) is 48.4 Å². The summed E-state index contributed by atoms with van der Waals surface area (Å²) < 4.78 is 0. The quantitative estimate of drug-likeness (QED) is 0.305. The zero-order valence-corrected chi connectivity index (χ0v) is 21.9. The van der Waals surface area contributed by atoms with Gasteiger partial charge in [0.2, 0.25) is 0 Å². The molecule has 3 aromatic carbocycles. The van der Waals surface area contributed by atoms with Crippen molar-refractivity contribution in [2.45, 2.75) is 24.2 Å². The van der Waals surface area contributed by atoms with E-state index in [0.717, 1.165) is 49.1 Å². The van der Waals surface area contributed by atoms with Gasteiger partial charge in [0, 0.05) is 36.5 Å². The van der Waals surface area contributed by atoms with Crippen LogP contribution < -0.4 is 0 Å². The van der Waals surface area contributed by atoms with Crippen molar-refractivity contribution in [3.8, 4) is 0 Å². The lowest BCUT2D eigenvalue weighted by Crippen LogP contribution is -2.43. The van der Waals surface area contributed by atoms with E-state index >= 15 is 0 Å². The van der Waals surface area contributed by atoms with E-state index in [9.17, 15) is 4.79 Å². The van der Waals surface area contributed by atoms with Crippen LogP contribution >= 0.6 is 11.3 Å². The molecule has 1 unspecified atom stereocenters. The van der Waals surface area contributed by atoms with Gasteiger partial charge < -0.3 is 9.80 Å². The lowest BCUT2D eigenvalue weighted by Gasteiger charge is -2.40. The Bertz CT molecular complexity index is 1460. The van der Waals surface area contributed by atoms with Gasteiger partial charge in [0.25, 0.3) is 5.91 Å². The molecule has 3 nitrogen and oxygen atoms in total. The molecule has 4 heteroatoms. The van der Waals surface area contributed by atoms with Crippen molar-refractivity contribution >= 4 is 34.1 Å². The number of piperidine rings is 1. The van der Waals surface area contributed by atoms with Crippen molar-refractivity contribution in [3.63, 3.8) is 0 Å². The lowest BCUT2D eigenvalue weighted by molar-refractivity contribution is 0.0782. The topological polar surface area (TPSA) is 23.6 Å². The molecule has 3 heterocycles. The second-order valence-electron chi connectivity index (χ2n) is 11.0. The number of allylic oxidation sites excluding steroid dienone is 1. The summed E-state index contributed by atoms with van der Waals surface area (Å²) in [4.78, 5) is 18.6. The van der Waals surface area contributed by atoms with Crippen LogP contribution in [0.3, 0.4) is 0 Å². The van der Waals surface area contributed by atoms with E-state index in [0.29, 0.717) is 11.8 Å². The lowest BCUT2D eigenvalue weighted by atomic mass is 9.74. The monoisotopic (exact) mass is 504 g/mol. The molecule has 0 N–H and O–H groups in total. The van der Waals surface area contributed by atoms with Crippen molar-refractivity contribution in [1.29, 1.82) is 0 Å². The first-order valence-corrected chi connectivity index (χ1v) is 14.4. The first-order chi connectivity index (χ1) is 18.2. The molecular weight excluding hydrogens is 472 g/mol. The fraction of sp³-hybridized carbons (Fsp3) is 0.303. The maximum Gasteiger partial charge on any atom is 0.254 e. The molecule has 2 saturated heterocycles. The summed E-state index contributed by atoms with van der Waals surface area (Å²) in [5, 5.41) is 6.64. The van der Waals surface area contributed by atoms with Crippen LogP contribution in [0.2, 0.25) is 0 Å². The summed E-state index contributed by atoms with van der Waals surface area (Å²) in [5.74, 6) is 1.02. The molecule has 1 aliphatic carbocycles. The van der Waals surface area contributed by atoms with Crippen molar-refractivity contribution in [1.82, 2.24) is 9.80 Å². The number of fused-ring (bicyclic) bond motifs is 3. The van der Waals surface area contributed by atoms with Gasteiger partial charge in [0.05, 0.1) is 0 Å². The zero-order chi connectivity index (χ0) is 24.8. The smallest absolute Gasteiger partial charge is 0.254 e. The van der Waals surface area contributed by atoms with E-state index in [2.05, 4.69) is 81.2 Å². The van der Waals surface area contributed by atoms with Crippen molar-refractivity contribution < 1.29 is 4.79 Å². The number of likely N-dealkylation sites (tertiary alicyclic amines) is 2. The molecule has 1 aromatic heterocycles. The molecule has 0 radical (unpaired) electrons. The van der Waals surface area contributed by atoms with Crippen LogP contribution in [0.1, 0.15) is 45.8 Å². The van der Waals surface area contributed by atoms with Gasteiger partial charge in [0.15, 0.2) is 0 Å². The molecule has 7 rings (SSSR count). The van der Waals surface area contributed by atoms with E-state index in [1.165, 1.54) is 29.5 Å². The fourth-order valence-electron chi connectivity index (χ4n) is 7.01. The number of nitrogens with zero attached hydrogens (tertiary/aromatic N) is 2. The van der Waals surface area contributed by atoms with Gasteiger partial charge in [-0.15, -0.1) is 0 Å². The van der Waals surface area contributed by atoms with Gasteiger partial charge in [-0.05, 0) is 82.2 Å². The number of carbonyl (C=O) groups is 1. The summed E-state index contributed by atoms with van der Waals surface area (Å²) in [5.41, 5.74) is 5.34. The van der Waals surface area contributed by atoms with Crippen LogP contribution in [-0.2, 0) is 5.41 Å². The number of amides is 1. The first-order valence-electron chi connectivity index (χ1n) is 13.5. The van der Waals surface area contributed by atoms with Gasteiger partial charge >= 0.3 is 0 Å². The molecule has 2 atom stereocenters. The van der Waals surface area contributed by atoms with E-state index in [4.69, 9.17) is 0 Å². The normalized spacial score (nSPS) is 22.6. The third kappa shape index (κ3) is 4.03. The van der Waals surface area contributed by atoms with Gasteiger partial charge in [-0.3, -0.25) is 4.79 Å². The van der Waals surface area contributed by atoms with E-state index in [-0.39, 0.29) is 11.3 Å². The highest BCUT2D eigenvalue weighted by atomic mass is 32.1. The standard InChI is InChI=1S/C33H32N2OS/c36-32(29-10-5-8-24-6-1-3-9-28(24)29)35-21-27(30(22-35)26-13-19-37-23-26)20-34-17-15-33(16-18-34)14-12-25-7-2-4-11-31(25)33/h1-14,19,23,27,30H,15-18,20-22H2/t27-,30?/m1/s1. The number of benzene rings is 3. The number of thiophene rings is 1. The summed E-state index contributed by atoms with van der Waals surface area (Å²) in [6.07, 6.45) is 7.14. The third-order valence-electron chi connectivity index (χ3n) is 9.04. The van der Waals surface area contributed by atoms with E-state index in [1.54, 1.807) is 11.3 Å². The van der Waals surface area contributed by atoms with Crippen LogP contribution in [0.25, 0.3) is 16.8 Å². The van der Waals surface area contributed by atoms with Crippen LogP contribution in [0.5, 0.6) is 0 Å². The zero-order valence-electron chi connectivity index (χ0n) is 21.1. The van der Waals surface area contributed by atoms with Crippen LogP contribution in [0.4, 0.5) is 0 Å². The molecule has 1 amide bonds. The second-order valence-corrected chi connectivity index (χ2v) is 11.8. The summed E-state index contributed by atoms with van der Waals surface area (Å²) >= 11 is 1.76. The maximum absolute atomic E-state index is 13.8. The number of carbonyl (C=O) groups excluding carboxylic acids is 1. The van der Waals surface area contributed by atoms with Crippen LogP contribution in [0, 0.1) is 5.92 Å². The Morgan fingerprint density at radius 2 is 1.73 bits per heavy atom. The van der Waals surface area contributed by atoms with Crippen molar-refractivity contribution in [2.75, 3.05) is 32.7 Å². The number of rotatable bonds is 4. The highest BCUT2D eigenvalue weighted by molar-refractivity contribution is 7.08. The Kier molecular flexibility index (Phi) is 5.75. The molecule has 186 valence electrons. The first kappa shape index (κ1) is 22.9. The molecule has 0 bridgehead atoms. The van der Waals surface area contributed by atoms with Gasteiger partial charge in [-0.25, -0.2) is 0 Å². The molecule has 2 fully saturated rings. The maximum atomic E-state index is 13.8. The highest BCUT2D eigenvalue weighted by Gasteiger charge is 2.41. The fourth-order valence-corrected chi connectivity index (χ4v) is 7.73. The third-order valence-corrected chi connectivity index (χ3v) is 9.74. The summed E-state index contributed by atoms with van der Waals surface area (Å²) in [6.45, 7) is 4.91. The summed E-state index contributed by atoms with van der Waals surface area (Å²) in [7, 11) is 0. The Labute approximate surface area is 223 Å². The molecule has 37 heavy (non-hydrogen) atoms. The van der Waals surface area contributed by atoms with Gasteiger partial charge in [-0.2, -0.15) is 11.3 Å². The van der Waals surface area contributed by atoms with Crippen molar-refractivity contribution in [3.05, 3.63) is 112 Å². The van der Waals surface area contributed by atoms with Crippen molar-refractivity contribution in [2.24, 2.45) is 5.92 Å². The minimum Gasteiger partial charge on any atom is -0.338 e. The molecule has 2 aliphatic heterocycles. The predicted molar refractivity (Wildman–Crippen MR) is 153 cm³/mol. The molecule has 1 spiro atoms. The molecular formula is C33H32N2OS. The minimum atomic E-state index is 0.171. The van der Waals surface area contributed by atoms with E-state index < -0.39 is 0 Å². The Balaban J connectivity index is 1.09. The molecule has 4 aromatic rings. The summed E-state index contributed by atoms with van der Waals surface area (Å²) in [6, 6.07) is 25.5. The molecule has 0 saturated carbocycles. The predicted octanol–water partition coefficient (Wildman–Crippen LogP) is 6.82. The average molecular weight is 505 g/mol. The van der Waals surface area contributed by atoms with Gasteiger partial charge in [-0.1, -0.05) is 72.8 Å². The average Bonchev–Trinajstić information content (AvgIpc) is 3.69. The van der Waals surface area contributed by atoms with Crippen LogP contribution in [0.15, 0.2) is 89.6 Å². The Morgan fingerprint density at radius 1 is 0.919 bits per heavy atom. The second kappa shape index (κ2) is 9.27. The van der Waals surface area contributed by atoms with E-state index in [1.807, 2.05) is 24.3 Å². The molecule has 3 aliphatic rings. The SMILES string of the molecule is O=C(c1cccc2ccccc12)N1CC(c2ccsc2)[C@H](CN2CCC3(C=Cc4ccccc43)CC2)C1. The highest BCUT2D eigenvalue weighted by Crippen LogP contribution is 2.44. The number of hydrogen-bond donors (Lipinski definition) is 0. The Morgan fingerprint density at radius 3 is 2.59 bits per heavy atom.